The number of hydrogen-bond acceptors (Lipinski definition) is 11. The van der Waals surface area contributed by atoms with E-state index in [2.05, 4.69) is 25.7 Å². The Morgan fingerprint density at radius 2 is 1.82 bits per heavy atom. The normalized spacial score (nSPS) is 14.6. The van der Waals surface area contributed by atoms with Crippen molar-refractivity contribution in [2.24, 2.45) is 4.99 Å². The minimum atomic E-state index is -0.829. The molecule has 0 unspecified atom stereocenters. The fourth-order valence-corrected chi connectivity index (χ4v) is 6.24. The van der Waals surface area contributed by atoms with Crippen molar-refractivity contribution in [3.05, 3.63) is 76.9 Å². The molecule has 0 amide bonds. The molecule has 44 heavy (non-hydrogen) atoms. The molecule has 0 saturated carbocycles. The second kappa shape index (κ2) is 14.1. The molecular formula is C31H33BrN2O9S. The zero-order valence-corrected chi connectivity index (χ0v) is 27.8. The Kier molecular flexibility index (Phi) is 10.5. The van der Waals surface area contributed by atoms with Gasteiger partial charge in [0.2, 0.25) is 0 Å². The average Bonchev–Trinajstić information content (AvgIpc) is 3.29. The first-order valence-electron chi connectivity index (χ1n) is 13.6. The minimum absolute atomic E-state index is 0.0863. The first kappa shape index (κ1) is 32.8. The number of aromatic nitrogens is 1. The largest absolute Gasteiger partial charge is 0.493 e. The van der Waals surface area contributed by atoms with E-state index in [4.69, 9.17) is 23.7 Å². The van der Waals surface area contributed by atoms with Gasteiger partial charge < -0.3 is 28.4 Å². The molecule has 3 aromatic rings. The van der Waals surface area contributed by atoms with Crippen molar-refractivity contribution in [3.8, 4) is 23.0 Å². The first-order valence-corrected chi connectivity index (χ1v) is 15.2. The summed E-state index contributed by atoms with van der Waals surface area (Å²) in [5.41, 5.74) is 1.59. The molecule has 1 atom stereocenters. The minimum Gasteiger partial charge on any atom is -0.493 e. The zero-order chi connectivity index (χ0) is 32.1. The number of rotatable bonds is 11. The molecule has 11 nitrogen and oxygen atoms in total. The van der Waals surface area contributed by atoms with Crippen LogP contribution in [0.5, 0.6) is 23.0 Å². The standard InChI is InChI=1S/C31H33BrN2O9S/c1-8-41-30(37)26-17(4)33-31-34(27(26)19-9-10-21(43-16(2)3)22(14-19)38-5)29(36)24(44-31)13-18-11-20(32)28(23(12-18)39-6)42-15-25(35)40-7/h9-14,16,27H,8,15H2,1-7H3/b24-13-/t27-/m0/s1. The van der Waals surface area contributed by atoms with Crippen LogP contribution in [0, 0.1) is 0 Å². The van der Waals surface area contributed by atoms with Crippen LogP contribution in [0.25, 0.3) is 6.08 Å². The van der Waals surface area contributed by atoms with E-state index >= 15 is 0 Å². The molecule has 2 heterocycles. The molecule has 0 aliphatic carbocycles. The molecule has 0 fully saturated rings. The highest BCUT2D eigenvalue weighted by Crippen LogP contribution is 2.38. The third kappa shape index (κ3) is 6.83. The topological polar surface area (TPSA) is 124 Å². The van der Waals surface area contributed by atoms with Crippen LogP contribution in [0.2, 0.25) is 0 Å². The summed E-state index contributed by atoms with van der Waals surface area (Å²) < 4.78 is 35.0. The number of benzene rings is 2. The molecule has 13 heteroatoms. The number of allylic oxidation sites excluding steroid dienone is 1. The van der Waals surface area contributed by atoms with Crippen LogP contribution in [-0.4, -0.2) is 57.2 Å². The second-order valence-electron chi connectivity index (χ2n) is 9.78. The van der Waals surface area contributed by atoms with Crippen LogP contribution >= 0.6 is 27.3 Å². The Morgan fingerprint density at radius 3 is 2.45 bits per heavy atom. The average molecular weight is 690 g/mol. The van der Waals surface area contributed by atoms with Crippen molar-refractivity contribution in [1.82, 2.24) is 4.57 Å². The number of fused-ring (bicyclic) bond motifs is 1. The molecule has 0 radical (unpaired) electrons. The summed E-state index contributed by atoms with van der Waals surface area (Å²) in [7, 11) is 4.27. The van der Waals surface area contributed by atoms with Crippen LogP contribution in [-0.2, 0) is 19.1 Å². The number of methoxy groups -OCH3 is 3. The smallest absolute Gasteiger partial charge is 0.343 e. The predicted octanol–water partition coefficient (Wildman–Crippen LogP) is 3.92. The fraction of sp³-hybridized carbons (Fsp3) is 0.355. The molecule has 4 rings (SSSR count). The monoisotopic (exact) mass is 688 g/mol. The van der Waals surface area contributed by atoms with Gasteiger partial charge in [0.05, 0.1) is 60.4 Å². The van der Waals surface area contributed by atoms with Gasteiger partial charge in [0.1, 0.15) is 0 Å². The summed E-state index contributed by atoms with van der Waals surface area (Å²) in [5, 5.41) is 0. The maximum absolute atomic E-state index is 14.1. The maximum atomic E-state index is 14.1. The van der Waals surface area contributed by atoms with E-state index in [0.29, 0.717) is 53.6 Å². The molecule has 1 aliphatic rings. The highest BCUT2D eigenvalue weighted by Gasteiger charge is 2.34. The SMILES string of the molecule is CCOC(=O)C1=C(C)N=c2s/c(=C\c3cc(Br)c(OCC(=O)OC)c(OC)c3)c(=O)n2[C@H]1c1ccc(OC(C)C)c(OC)c1. The number of ether oxygens (including phenoxy) is 6. The third-order valence-corrected chi connectivity index (χ3v) is 8.07. The Labute approximate surface area is 266 Å². The molecule has 1 aromatic heterocycles. The van der Waals surface area contributed by atoms with Crippen LogP contribution < -0.4 is 33.8 Å². The molecule has 1 aliphatic heterocycles. The van der Waals surface area contributed by atoms with Gasteiger partial charge >= 0.3 is 11.9 Å². The number of thiazole rings is 1. The highest BCUT2D eigenvalue weighted by molar-refractivity contribution is 9.10. The lowest BCUT2D eigenvalue weighted by atomic mass is 9.95. The van der Waals surface area contributed by atoms with Gasteiger partial charge in [-0.3, -0.25) is 9.36 Å². The van der Waals surface area contributed by atoms with Crippen LogP contribution in [0.1, 0.15) is 44.9 Å². The van der Waals surface area contributed by atoms with E-state index in [1.54, 1.807) is 50.3 Å². The predicted molar refractivity (Wildman–Crippen MR) is 167 cm³/mol. The van der Waals surface area contributed by atoms with Gasteiger partial charge in [-0.1, -0.05) is 17.4 Å². The summed E-state index contributed by atoms with van der Waals surface area (Å²) in [5.74, 6) is 0.543. The Bertz CT molecular complexity index is 1790. The fourth-order valence-electron chi connectivity index (χ4n) is 4.62. The Hall–Kier alpha value is -4.10. The summed E-state index contributed by atoms with van der Waals surface area (Å²) in [4.78, 5) is 43.9. The Balaban J connectivity index is 1.88. The van der Waals surface area contributed by atoms with Gasteiger partial charge in [-0.05, 0) is 85.1 Å². The number of esters is 2. The van der Waals surface area contributed by atoms with Crippen molar-refractivity contribution in [1.29, 1.82) is 0 Å². The third-order valence-electron chi connectivity index (χ3n) is 6.49. The van der Waals surface area contributed by atoms with E-state index in [9.17, 15) is 14.4 Å². The van der Waals surface area contributed by atoms with E-state index in [1.807, 2.05) is 13.8 Å². The first-order chi connectivity index (χ1) is 21.0. The van der Waals surface area contributed by atoms with Crippen LogP contribution in [0.3, 0.4) is 0 Å². The van der Waals surface area contributed by atoms with Crippen molar-refractivity contribution < 1.29 is 38.0 Å². The van der Waals surface area contributed by atoms with Crippen molar-refractivity contribution in [2.45, 2.75) is 39.8 Å². The Morgan fingerprint density at radius 1 is 1.09 bits per heavy atom. The molecule has 0 saturated heterocycles. The van der Waals surface area contributed by atoms with Crippen molar-refractivity contribution in [3.63, 3.8) is 0 Å². The van der Waals surface area contributed by atoms with Crippen LogP contribution in [0.4, 0.5) is 0 Å². The summed E-state index contributed by atoms with van der Waals surface area (Å²) in [6.45, 7) is 7.12. The van der Waals surface area contributed by atoms with E-state index in [0.717, 1.165) is 0 Å². The molecule has 0 bridgehead atoms. The zero-order valence-electron chi connectivity index (χ0n) is 25.4. The van der Waals surface area contributed by atoms with Gasteiger partial charge in [-0.2, -0.15) is 0 Å². The highest BCUT2D eigenvalue weighted by atomic mass is 79.9. The number of halogens is 1. The van der Waals surface area contributed by atoms with Gasteiger partial charge in [-0.25, -0.2) is 14.6 Å². The summed E-state index contributed by atoms with van der Waals surface area (Å²) in [6.07, 6.45) is 1.61. The number of hydrogen-bond donors (Lipinski definition) is 0. The van der Waals surface area contributed by atoms with Gasteiger partial charge in [0.15, 0.2) is 34.4 Å². The number of carbonyl (C=O) groups is 2. The molecule has 0 spiro atoms. The summed E-state index contributed by atoms with van der Waals surface area (Å²) in [6, 6.07) is 7.90. The maximum Gasteiger partial charge on any atom is 0.343 e. The molecular weight excluding hydrogens is 656 g/mol. The number of nitrogens with zero attached hydrogens (tertiary/aromatic N) is 2. The molecule has 2 aromatic carbocycles. The van der Waals surface area contributed by atoms with Gasteiger partial charge in [0.25, 0.3) is 5.56 Å². The lowest BCUT2D eigenvalue weighted by Gasteiger charge is -2.25. The van der Waals surface area contributed by atoms with Crippen molar-refractivity contribution in [2.75, 3.05) is 34.5 Å². The summed E-state index contributed by atoms with van der Waals surface area (Å²) >= 11 is 4.65. The quantitative estimate of drug-likeness (QED) is 0.276. The van der Waals surface area contributed by atoms with Crippen LogP contribution in [0.15, 0.2) is 55.9 Å². The van der Waals surface area contributed by atoms with Gasteiger partial charge in [0, 0.05) is 0 Å². The molecule has 234 valence electrons. The lowest BCUT2D eigenvalue weighted by molar-refractivity contribution is -0.143. The van der Waals surface area contributed by atoms with E-state index < -0.39 is 18.0 Å². The van der Waals surface area contributed by atoms with E-state index in [-0.39, 0.29) is 30.5 Å². The van der Waals surface area contributed by atoms with Crippen molar-refractivity contribution >= 4 is 45.3 Å². The molecule has 0 N–H and O–H groups in total. The van der Waals surface area contributed by atoms with Gasteiger partial charge in [-0.15, -0.1) is 0 Å². The van der Waals surface area contributed by atoms with E-state index in [1.165, 1.54) is 37.2 Å². The number of carbonyl (C=O) groups excluding carboxylic acids is 2. The second-order valence-corrected chi connectivity index (χ2v) is 11.6. The lowest BCUT2D eigenvalue weighted by Crippen LogP contribution is -2.40.